The highest BCUT2D eigenvalue weighted by Crippen LogP contribution is 2.40. The Morgan fingerprint density at radius 1 is 1.53 bits per heavy atom. The van der Waals surface area contributed by atoms with Crippen molar-refractivity contribution in [2.45, 2.75) is 32.3 Å². The van der Waals surface area contributed by atoms with E-state index in [-0.39, 0.29) is 12.3 Å². The molecule has 1 aromatic rings. The van der Waals surface area contributed by atoms with Gasteiger partial charge in [0.15, 0.2) is 0 Å². The predicted molar refractivity (Wildman–Crippen MR) is 67.9 cm³/mol. The molecule has 1 aliphatic carbocycles. The van der Waals surface area contributed by atoms with Crippen molar-refractivity contribution in [2.24, 2.45) is 0 Å². The van der Waals surface area contributed by atoms with E-state index in [9.17, 15) is 0 Å². The molecule has 1 saturated carbocycles. The summed E-state index contributed by atoms with van der Waals surface area (Å²) in [5, 5.41) is 19.4. The number of ether oxygens (including phenoxy) is 1. The number of anilines is 1. The van der Waals surface area contributed by atoms with Crippen LogP contribution in [-0.2, 0) is 0 Å². The number of nitrogens with one attached hydrogen (secondary N) is 2. The molecule has 0 heterocycles. The van der Waals surface area contributed by atoms with E-state index >= 15 is 0 Å². The van der Waals surface area contributed by atoms with E-state index in [1.807, 2.05) is 18.2 Å². The minimum atomic E-state index is -0.141. The first-order chi connectivity index (χ1) is 8.04. The molecule has 0 amide bonds. The van der Waals surface area contributed by atoms with Gasteiger partial charge in [0.1, 0.15) is 18.1 Å². The van der Waals surface area contributed by atoms with Crippen molar-refractivity contribution in [2.75, 3.05) is 12.0 Å². The Morgan fingerprint density at radius 3 is 2.76 bits per heavy atom. The largest absolute Gasteiger partial charge is 0.488 e. The highest BCUT2D eigenvalue weighted by Gasteiger charge is 2.40. The maximum absolute atomic E-state index is 8.88. The molecule has 4 nitrogen and oxygen atoms in total. The lowest BCUT2D eigenvalue weighted by Crippen LogP contribution is -2.13. The number of benzene rings is 1. The van der Waals surface area contributed by atoms with Gasteiger partial charge in [-0.3, -0.25) is 0 Å². The van der Waals surface area contributed by atoms with Gasteiger partial charge in [-0.15, -0.1) is 0 Å². The average molecular weight is 234 g/mol. The van der Waals surface area contributed by atoms with E-state index < -0.39 is 0 Å². The van der Waals surface area contributed by atoms with Gasteiger partial charge in [0.05, 0.1) is 0 Å². The zero-order valence-corrected chi connectivity index (χ0v) is 10.2. The molecule has 92 valence electrons. The second kappa shape index (κ2) is 4.37. The Hall–Kier alpha value is -1.55. The van der Waals surface area contributed by atoms with E-state index in [2.05, 4.69) is 12.2 Å². The number of rotatable bonds is 5. The van der Waals surface area contributed by atoms with Gasteiger partial charge in [0, 0.05) is 17.0 Å². The molecule has 2 rings (SSSR count). The lowest BCUT2D eigenvalue weighted by Gasteiger charge is -2.16. The Morgan fingerprint density at radius 2 is 2.24 bits per heavy atom. The van der Waals surface area contributed by atoms with Crippen molar-refractivity contribution in [1.82, 2.24) is 0 Å². The second-order valence-electron chi connectivity index (χ2n) is 4.72. The predicted octanol–water partition coefficient (Wildman–Crippen LogP) is 2.37. The van der Waals surface area contributed by atoms with Gasteiger partial charge in [-0.05, 0) is 44.9 Å². The lowest BCUT2D eigenvalue weighted by molar-refractivity contribution is 0.200. The first kappa shape index (κ1) is 11.9. The zero-order valence-electron chi connectivity index (χ0n) is 10.2. The highest BCUT2D eigenvalue weighted by molar-refractivity contribution is 6.01. The van der Waals surface area contributed by atoms with Gasteiger partial charge in [-0.25, -0.2) is 0 Å². The lowest BCUT2D eigenvalue weighted by atomic mass is 10.1. The summed E-state index contributed by atoms with van der Waals surface area (Å²) < 4.78 is 5.85. The third-order valence-corrected chi connectivity index (χ3v) is 2.98. The molecule has 1 aliphatic rings. The van der Waals surface area contributed by atoms with Crippen LogP contribution in [0.3, 0.4) is 0 Å². The van der Waals surface area contributed by atoms with Crippen LogP contribution in [0.15, 0.2) is 18.2 Å². The van der Waals surface area contributed by atoms with Gasteiger partial charge in [0.25, 0.3) is 0 Å². The highest BCUT2D eigenvalue weighted by atomic mass is 16.5. The Bertz CT molecular complexity index is 439. The number of aliphatic hydroxyl groups excluding tert-OH is 1. The van der Waals surface area contributed by atoms with Gasteiger partial charge >= 0.3 is 0 Å². The molecule has 1 aromatic carbocycles. The van der Waals surface area contributed by atoms with Crippen LogP contribution in [0, 0.1) is 5.41 Å². The molecular formula is C13H18N2O2. The fourth-order valence-electron chi connectivity index (χ4n) is 1.70. The molecule has 0 radical (unpaired) electrons. The number of hydrogen-bond donors (Lipinski definition) is 3. The molecule has 0 unspecified atom stereocenters. The van der Waals surface area contributed by atoms with Crippen LogP contribution in [0.1, 0.15) is 32.3 Å². The standard InChI is InChI=1S/C13H18N2O2/c1-9(14)11-7-10(17-13(2)5-6-13)3-4-12(11)15-8-16/h3-4,7,14-16H,5-6,8H2,1-2H3. The first-order valence-electron chi connectivity index (χ1n) is 5.77. The fraction of sp³-hybridized carbons (Fsp3) is 0.462. The molecule has 1 fully saturated rings. The van der Waals surface area contributed by atoms with Crippen molar-refractivity contribution in [3.8, 4) is 5.75 Å². The van der Waals surface area contributed by atoms with Crippen LogP contribution < -0.4 is 10.1 Å². The first-order valence-corrected chi connectivity index (χ1v) is 5.77. The van der Waals surface area contributed by atoms with E-state index in [0.29, 0.717) is 5.71 Å². The molecule has 3 N–H and O–H groups in total. The normalized spacial score (nSPS) is 16.4. The molecular weight excluding hydrogens is 216 g/mol. The number of hydrogen-bond acceptors (Lipinski definition) is 4. The summed E-state index contributed by atoms with van der Waals surface area (Å²) >= 11 is 0. The maximum atomic E-state index is 8.88. The van der Waals surface area contributed by atoms with E-state index in [4.69, 9.17) is 15.3 Å². The third-order valence-electron chi connectivity index (χ3n) is 2.98. The van der Waals surface area contributed by atoms with E-state index in [1.165, 1.54) is 0 Å². The minimum Gasteiger partial charge on any atom is -0.488 e. The van der Waals surface area contributed by atoms with Crippen molar-refractivity contribution < 1.29 is 9.84 Å². The van der Waals surface area contributed by atoms with Crippen molar-refractivity contribution in [3.63, 3.8) is 0 Å². The molecule has 0 aromatic heterocycles. The molecule has 4 heteroatoms. The summed E-state index contributed by atoms with van der Waals surface area (Å²) in [4.78, 5) is 0. The average Bonchev–Trinajstić information content (AvgIpc) is 2.98. The molecule has 0 atom stereocenters. The maximum Gasteiger partial charge on any atom is 0.120 e. The van der Waals surface area contributed by atoms with Gasteiger partial charge in [-0.1, -0.05) is 0 Å². The summed E-state index contributed by atoms with van der Waals surface area (Å²) in [6.07, 6.45) is 2.17. The Kier molecular flexibility index (Phi) is 3.07. The van der Waals surface area contributed by atoms with Crippen molar-refractivity contribution in [3.05, 3.63) is 23.8 Å². The summed E-state index contributed by atoms with van der Waals surface area (Å²) in [6.45, 7) is 3.67. The topological polar surface area (TPSA) is 65.3 Å². The van der Waals surface area contributed by atoms with Gasteiger partial charge < -0.3 is 20.6 Å². The molecule has 0 spiro atoms. The van der Waals surface area contributed by atoms with Crippen LogP contribution in [0.2, 0.25) is 0 Å². The molecule has 17 heavy (non-hydrogen) atoms. The summed E-state index contributed by atoms with van der Waals surface area (Å²) in [5.41, 5.74) is 1.96. The van der Waals surface area contributed by atoms with E-state index in [1.54, 1.807) is 6.92 Å². The molecule has 0 saturated heterocycles. The van der Waals surface area contributed by atoms with Crippen LogP contribution in [0.25, 0.3) is 0 Å². The number of aliphatic hydroxyl groups is 1. The summed E-state index contributed by atoms with van der Waals surface area (Å²) in [5.74, 6) is 0.787. The van der Waals surface area contributed by atoms with Crippen molar-refractivity contribution >= 4 is 11.4 Å². The monoisotopic (exact) mass is 234 g/mol. The molecule has 0 bridgehead atoms. The van der Waals surface area contributed by atoms with Gasteiger partial charge in [-0.2, -0.15) is 0 Å². The minimum absolute atomic E-state index is 0.0148. The molecule has 0 aliphatic heterocycles. The third kappa shape index (κ3) is 2.77. The van der Waals surface area contributed by atoms with Crippen LogP contribution in [-0.4, -0.2) is 23.2 Å². The van der Waals surface area contributed by atoms with Crippen molar-refractivity contribution in [1.29, 1.82) is 5.41 Å². The SMILES string of the molecule is CC(=N)c1cc(OC2(C)CC2)ccc1NCO. The second-order valence-corrected chi connectivity index (χ2v) is 4.72. The van der Waals surface area contributed by atoms with Gasteiger partial charge in [0.2, 0.25) is 0 Å². The summed E-state index contributed by atoms with van der Waals surface area (Å²) in [7, 11) is 0. The van der Waals surface area contributed by atoms with Crippen LogP contribution in [0.5, 0.6) is 5.75 Å². The fourth-order valence-corrected chi connectivity index (χ4v) is 1.70. The van der Waals surface area contributed by atoms with Crippen LogP contribution in [0.4, 0.5) is 5.69 Å². The van der Waals surface area contributed by atoms with Crippen LogP contribution >= 0.6 is 0 Å². The smallest absolute Gasteiger partial charge is 0.120 e. The Labute approximate surface area is 101 Å². The summed E-state index contributed by atoms with van der Waals surface area (Å²) in [6, 6.07) is 5.56. The zero-order chi connectivity index (χ0) is 12.5. The quantitative estimate of drug-likeness (QED) is 0.541. The van der Waals surface area contributed by atoms with E-state index in [0.717, 1.165) is 29.8 Å². The Balaban J connectivity index is 2.24.